The average Bonchev–Trinajstić information content (AvgIpc) is 2.82. The smallest absolute Gasteiger partial charge is 0.337 e. The Kier molecular flexibility index (Phi) is 5.57. The molecule has 5 heteroatoms. The summed E-state index contributed by atoms with van der Waals surface area (Å²) in [5, 5.41) is 2.08. The Labute approximate surface area is 217 Å². The first kappa shape index (κ1) is 22.6. The molecule has 34 heavy (non-hydrogen) atoms. The van der Waals surface area contributed by atoms with Crippen molar-refractivity contribution >= 4 is 48.6 Å². The molecule has 4 saturated carbocycles. The molecule has 0 aliphatic heterocycles. The molecule has 0 saturated heterocycles. The number of hydrogen-bond acceptors (Lipinski definition) is 3. The summed E-state index contributed by atoms with van der Waals surface area (Å²) in [5.41, 5.74) is 4.51. The number of benzene rings is 3. The van der Waals surface area contributed by atoms with Crippen molar-refractivity contribution in [3.63, 3.8) is 0 Å². The molecule has 176 valence electrons. The van der Waals surface area contributed by atoms with Crippen molar-refractivity contribution in [2.24, 2.45) is 17.8 Å². The average molecular weight is 584 g/mol. The molecular formula is C29H28Br2O3. The molecule has 4 aliphatic carbocycles. The van der Waals surface area contributed by atoms with Gasteiger partial charge >= 0.3 is 5.97 Å². The number of methoxy groups -OCH3 is 2. The van der Waals surface area contributed by atoms with Crippen molar-refractivity contribution in [1.82, 2.24) is 0 Å². The lowest BCUT2D eigenvalue weighted by molar-refractivity contribution is -0.00617. The van der Waals surface area contributed by atoms with Gasteiger partial charge in [-0.15, -0.1) is 0 Å². The van der Waals surface area contributed by atoms with Gasteiger partial charge in [-0.05, 0) is 140 Å². The van der Waals surface area contributed by atoms with Gasteiger partial charge in [-0.1, -0.05) is 18.2 Å². The summed E-state index contributed by atoms with van der Waals surface area (Å²) in [4.78, 5) is 12.0. The van der Waals surface area contributed by atoms with Crippen molar-refractivity contribution in [1.29, 1.82) is 0 Å². The molecule has 0 N–H and O–H groups in total. The van der Waals surface area contributed by atoms with E-state index in [1.165, 1.54) is 56.8 Å². The Morgan fingerprint density at radius 1 is 0.912 bits per heavy atom. The molecule has 0 amide bonds. The van der Waals surface area contributed by atoms with Gasteiger partial charge in [0.15, 0.2) is 0 Å². The number of hydrogen-bond donors (Lipinski definition) is 0. The highest BCUT2D eigenvalue weighted by Gasteiger charge is 2.52. The lowest BCUT2D eigenvalue weighted by atomic mass is 9.48. The topological polar surface area (TPSA) is 35.5 Å². The van der Waals surface area contributed by atoms with E-state index in [9.17, 15) is 4.79 Å². The van der Waals surface area contributed by atoms with Gasteiger partial charge < -0.3 is 9.47 Å². The predicted octanol–water partition coefficient (Wildman–Crippen LogP) is 8.29. The van der Waals surface area contributed by atoms with E-state index in [1.54, 1.807) is 7.11 Å². The maximum Gasteiger partial charge on any atom is 0.337 e. The summed E-state index contributed by atoms with van der Waals surface area (Å²) in [7, 11) is 3.21. The first-order chi connectivity index (χ1) is 16.4. The van der Waals surface area contributed by atoms with E-state index in [1.807, 2.05) is 18.2 Å². The number of carbonyl (C=O) groups is 1. The Hall–Kier alpha value is -1.85. The maximum atomic E-state index is 12.0. The summed E-state index contributed by atoms with van der Waals surface area (Å²) in [6, 6.07) is 14.5. The minimum absolute atomic E-state index is 0.233. The van der Waals surface area contributed by atoms with Crippen LogP contribution in [0.2, 0.25) is 0 Å². The highest BCUT2D eigenvalue weighted by molar-refractivity contribution is 9.11. The standard InChI is InChI=1S/C29H28Br2O3/c1-33-27-24(29-13-16-7-17(14-29)9-18(8-16)15-29)11-21(12-25(27)30)23-5-3-19-10-20(28(32)34-2)4-6-22(19)26(23)31/h3-6,10-12,16-18H,7-9,13-15H2,1-2H3. The molecule has 0 radical (unpaired) electrons. The fourth-order valence-electron chi connectivity index (χ4n) is 7.55. The number of ether oxygens (including phenoxy) is 2. The number of fused-ring (bicyclic) bond motifs is 1. The summed E-state index contributed by atoms with van der Waals surface area (Å²) in [5.74, 6) is 3.30. The van der Waals surface area contributed by atoms with Crippen LogP contribution in [0.4, 0.5) is 0 Å². The van der Waals surface area contributed by atoms with Crippen molar-refractivity contribution in [3.05, 3.63) is 62.5 Å². The lowest BCUT2D eigenvalue weighted by Crippen LogP contribution is -2.48. The summed E-state index contributed by atoms with van der Waals surface area (Å²) >= 11 is 7.73. The summed E-state index contributed by atoms with van der Waals surface area (Å²) in [6.45, 7) is 0. The molecule has 0 aromatic heterocycles. The first-order valence-electron chi connectivity index (χ1n) is 12.1. The van der Waals surface area contributed by atoms with Gasteiger partial charge in [0.05, 0.1) is 24.3 Å². The van der Waals surface area contributed by atoms with Crippen LogP contribution in [0, 0.1) is 17.8 Å². The van der Waals surface area contributed by atoms with Crippen LogP contribution >= 0.6 is 31.9 Å². The molecule has 4 aliphatic rings. The van der Waals surface area contributed by atoms with E-state index in [2.05, 4.69) is 56.1 Å². The van der Waals surface area contributed by atoms with Crippen LogP contribution in [0.25, 0.3) is 21.9 Å². The molecule has 0 atom stereocenters. The molecule has 0 heterocycles. The Morgan fingerprint density at radius 2 is 1.59 bits per heavy atom. The zero-order valence-electron chi connectivity index (χ0n) is 19.5. The van der Waals surface area contributed by atoms with Gasteiger partial charge in [0.2, 0.25) is 0 Å². The van der Waals surface area contributed by atoms with Gasteiger partial charge in [0.25, 0.3) is 0 Å². The van der Waals surface area contributed by atoms with Crippen LogP contribution in [-0.2, 0) is 10.2 Å². The third kappa shape index (κ3) is 3.53. The van der Waals surface area contributed by atoms with Crippen LogP contribution in [-0.4, -0.2) is 20.2 Å². The Balaban J connectivity index is 1.48. The molecule has 3 aromatic carbocycles. The summed E-state index contributed by atoms with van der Waals surface area (Å²) in [6.07, 6.45) is 8.14. The number of esters is 1. The second kappa shape index (κ2) is 8.37. The molecular weight excluding hydrogens is 556 g/mol. The molecule has 4 fully saturated rings. The van der Waals surface area contributed by atoms with Crippen molar-refractivity contribution < 1.29 is 14.3 Å². The van der Waals surface area contributed by atoms with Gasteiger partial charge in [0, 0.05) is 10.0 Å². The van der Waals surface area contributed by atoms with E-state index in [4.69, 9.17) is 9.47 Å². The third-order valence-corrected chi connectivity index (χ3v) is 9.99. The quantitative estimate of drug-likeness (QED) is 0.290. The fourth-order valence-corrected chi connectivity index (χ4v) is 8.89. The third-order valence-electron chi connectivity index (χ3n) is 8.54. The molecule has 4 bridgehead atoms. The monoisotopic (exact) mass is 582 g/mol. The van der Waals surface area contributed by atoms with Crippen molar-refractivity contribution in [3.8, 4) is 16.9 Å². The van der Waals surface area contributed by atoms with Crippen LogP contribution in [0.3, 0.4) is 0 Å². The van der Waals surface area contributed by atoms with Crippen LogP contribution in [0.15, 0.2) is 51.4 Å². The minimum Gasteiger partial charge on any atom is -0.495 e. The van der Waals surface area contributed by atoms with Crippen LogP contribution < -0.4 is 4.74 Å². The second-order valence-electron chi connectivity index (χ2n) is 10.6. The highest BCUT2D eigenvalue weighted by atomic mass is 79.9. The Bertz CT molecular complexity index is 1280. The van der Waals surface area contributed by atoms with E-state index in [0.29, 0.717) is 5.56 Å². The molecule has 0 spiro atoms. The highest BCUT2D eigenvalue weighted by Crippen LogP contribution is 2.62. The van der Waals surface area contributed by atoms with Crippen LogP contribution in [0.5, 0.6) is 5.75 Å². The Morgan fingerprint density at radius 3 is 2.21 bits per heavy atom. The van der Waals surface area contributed by atoms with Crippen molar-refractivity contribution in [2.75, 3.05) is 14.2 Å². The van der Waals surface area contributed by atoms with Gasteiger partial charge in [0.1, 0.15) is 5.75 Å². The molecule has 3 nitrogen and oxygen atoms in total. The summed E-state index contributed by atoms with van der Waals surface area (Å²) < 4.78 is 12.9. The second-order valence-corrected chi connectivity index (χ2v) is 12.2. The van der Waals surface area contributed by atoms with E-state index >= 15 is 0 Å². The van der Waals surface area contributed by atoms with Gasteiger partial charge in [-0.25, -0.2) is 4.79 Å². The minimum atomic E-state index is -0.318. The SMILES string of the molecule is COC(=O)c1ccc2c(Br)c(-c3cc(Br)c(OC)c(C45CC6CC(CC(C6)C4)C5)c3)ccc2c1. The van der Waals surface area contributed by atoms with Gasteiger partial charge in [-0.3, -0.25) is 0 Å². The van der Waals surface area contributed by atoms with E-state index in [-0.39, 0.29) is 11.4 Å². The van der Waals surface area contributed by atoms with Gasteiger partial charge in [-0.2, -0.15) is 0 Å². The molecule has 0 unspecified atom stereocenters. The van der Waals surface area contributed by atoms with Crippen LogP contribution in [0.1, 0.15) is 54.4 Å². The number of carbonyl (C=O) groups excluding carboxylic acids is 1. The van der Waals surface area contributed by atoms with E-state index < -0.39 is 0 Å². The zero-order chi connectivity index (χ0) is 23.6. The lowest BCUT2D eigenvalue weighted by Gasteiger charge is -2.57. The predicted molar refractivity (Wildman–Crippen MR) is 143 cm³/mol. The zero-order valence-corrected chi connectivity index (χ0v) is 22.7. The normalized spacial score (nSPS) is 27.2. The maximum absolute atomic E-state index is 12.0. The van der Waals surface area contributed by atoms with Crippen molar-refractivity contribution in [2.45, 2.75) is 43.9 Å². The molecule has 7 rings (SSSR count). The fraction of sp³-hybridized carbons (Fsp3) is 0.414. The number of rotatable bonds is 4. The largest absolute Gasteiger partial charge is 0.495 e. The number of halogens is 2. The first-order valence-corrected chi connectivity index (χ1v) is 13.7. The van der Waals surface area contributed by atoms with E-state index in [0.717, 1.165) is 48.8 Å². The molecule has 3 aromatic rings.